The largest absolute Gasteiger partial charge is 0.481 e. The van der Waals surface area contributed by atoms with E-state index in [9.17, 15) is 9.18 Å². The van der Waals surface area contributed by atoms with Gasteiger partial charge in [-0.1, -0.05) is 12.1 Å². The second kappa shape index (κ2) is 8.59. The van der Waals surface area contributed by atoms with Crippen LogP contribution in [0.15, 0.2) is 24.3 Å². The van der Waals surface area contributed by atoms with Gasteiger partial charge in [-0.25, -0.2) is 4.39 Å². The Morgan fingerprint density at radius 2 is 2.10 bits per heavy atom. The molecule has 1 amide bonds. The van der Waals surface area contributed by atoms with E-state index in [2.05, 4.69) is 15.5 Å². The number of carbonyl (C=O) groups is 1. The first kappa shape index (κ1) is 15.7. The molecule has 6 heteroatoms. The minimum Gasteiger partial charge on any atom is -0.481 e. The van der Waals surface area contributed by atoms with Gasteiger partial charge < -0.3 is 20.3 Å². The Labute approximate surface area is 124 Å². The molecule has 0 bridgehead atoms. The molecular formula is C15H22FN3O2. The average molecular weight is 295 g/mol. The fraction of sp³-hybridized carbons (Fsp3) is 0.533. The Morgan fingerprint density at radius 1 is 1.33 bits per heavy atom. The van der Waals surface area contributed by atoms with Crippen LogP contribution in [-0.4, -0.2) is 56.7 Å². The van der Waals surface area contributed by atoms with E-state index in [1.54, 1.807) is 12.1 Å². The van der Waals surface area contributed by atoms with Gasteiger partial charge in [0.1, 0.15) is 0 Å². The van der Waals surface area contributed by atoms with E-state index < -0.39 is 5.82 Å². The fourth-order valence-electron chi connectivity index (χ4n) is 2.22. The number of para-hydroxylation sites is 1. The van der Waals surface area contributed by atoms with Gasteiger partial charge in [0.15, 0.2) is 18.2 Å². The summed E-state index contributed by atoms with van der Waals surface area (Å²) < 4.78 is 18.4. The number of piperazine rings is 1. The summed E-state index contributed by atoms with van der Waals surface area (Å²) in [6.07, 6.45) is 0.908. The van der Waals surface area contributed by atoms with Gasteiger partial charge in [-0.3, -0.25) is 4.79 Å². The molecular weight excluding hydrogens is 273 g/mol. The third-order valence-corrected chi connectivity index (χ3v) is 3.38. The van der Waals surface area contributed by atoms with Gasteiger partial charge >= 0.3 is 0 Å². The fourth-order valence-corrected chi connectivity index (χ4v) is 2.22. The van der Waals surface area contributed by atoms with Gasteiger partial charge in [0, 0.05) is 32.7 Å². The maximum Gasteiger partial charge on any atom is 0.257 e. The Kier molecular flexibility index (Phi) is 6.43. The molecule has 1 fully saturated rings. The highest BCUT2D eigenvalue weighted by molar-refractivity contribution is 5.77. The minimum absolute atomic E-state index is 0.105. The molecule has 0 saturated carbocycles. The van der Waals surface area contributed by atoms with Gasteiger partial charge in [0.25, 0.3) is 5.91 Å². The second-order valence-electron chi connectivity index (χ2n) is 5.01. The van der Waals surface area contributed by atoms with Crippen molar-refractivity contribution < 1.29 is 13.9 Å². The summed E-state index contributed by atoms with van der Waals surface area (Å²) in [6.45, 7) is 5.62. The van der Waals surface area contributed by atoms with Gasteiger partial charge in [-0.05, 0) is 25.1 Å². The van der Waals surface area contributed by atoms with Crippen LogP contribution in [0.5, 0.6) is 5.75 Å². The molecule has 2 N–H and O–H groups in total. The monoisotopic (exact) mass is 295 g/mol. The highest BCUT2D eigenvalue weighted by Gasteiger charge is 2.09. The number of hydrogen-bond acceptors (Lipinski definition) is 4. The Balaban J connectivity index is 1.56. The second-order valence-corrected chi connectivity index (χ2v) is 5.01. The highest BCUT2D eigenvalue weighted by Crippen LogP contribution is 2.14. The summed E-state index contributed by atoms with van der Waals surface area (Å²) in [5.41, 5.74) is 0. The number of nitrogens with zero attached hydrogens (tertiary/aromatic N) is 1. The molecule has 0 aromatic heterocycles. The molecule has 0 atom stereocenters. The summed E-state index contributed by atoms with van der Waals surface area (Å²) in [7, 11) is 0. The van der Waals surface area contributed by atoms with Gasteiger partial charge in [-0.15, -0.1) is 0 Å². The van der Waals surface area contributed by atoms with Gasteiger partial charge in [0.05, 0.1) is 0 Å². The van der Waals surface area contributed by atoms with Crippen molar-refractivity contribution in [2.24, 2.45) is 0 Å². The predicted molar refractivity (Wildman–Crippen MR) is 78.8 cm³/mol. The molecule has 1 aromatic rings. The molecule has 1 aliphatic rings. The lowest BCUT2D eigenvalue weighted by molar-refractivity contribution is -0.123. The highest BCUT2D eigenvalue weighted by atomic mass is 19.1. The third-order valence-electron chi connectivity index (χ3n) is 3.38. The molecule has 1 saturated heterocycles. The average Bonchev–Trinajstić information content (AvgIpc) is 2.52. The molecule has 1 heterocycles. The first-order chi connectivity index (χ1) is 10.3. The smallest absolute Gasteiger partial charge is 0.257 e. The number of ether oxygens (including phenoxy) is 1. The van der Waals surface area contributed by atoms with Crippen LogP contribution in [0.4, 0.5) is 4.39 Å². The summed E-state index contributed by atoms with van der Waals surface area (Å²) in [5.74, 6) is -0.573. The third kappa shape index (κ3) is 5.69. The molecule has 21 heavy (non-hydrogen) atoms. The summed E-state index contributed by atoms with van der Waals surface area (Å²) in [4.78, 5) is 14.0. The lowest BCUT2D eigenvalue weighted by Gasteiger charge is -2.27. The number of amides is 1. The summed E-state index contributed by atoms with van der Waals surface area (Å²) in [5, 5.41) is 6.08. The molecule has 1 aliphatic heterocycles. The van der Waals surface area contributed by atoms with Crippen LogP contribution in [-0.2, 0) is 4.79 Å². The van der Waals surface area contributed by atoms with E-state index in [1.807, 2.05) is 0 Å². The van der Waals surface area contributed by atoms with E-state index in [0.29, 0.717) is 6.54 Å². The predicted octanol–water partition coefficient (Wildman–Crippen LogP) is 0.616. The first-order valence-electron chi connectivity index (χ1n) is 7.33. The molecule has 0 spiro atoms. The Morgan fingerprint density at radius 3 is 2.86 bits per heavy atom. The topological polar surface area (TPSA) is 53.6 Å². The first-order valence-corrected chi connectivity index (χ1v) is 7.33. The Hall–Kier alpha value is -1.66. The zero-order chi connectivity index (χ0) is 14.9. The van der Waals surface area contributed by atoms with Crippen molar-refractivity contribution in [1.82, 2.24) is 15.5 Å². The zero-order valence-electron chi connectivity index (χ0n) is 12.1. The number of rotatable bonds is 7. The van der Waals surface area contributed by atoms with Crippen LogP contribution >= 0.6 is 0 Å². The normalized spacial score (nSPS) is 15.7. The number of halogens is 1. The number of nitrogens with one attached hydrogen (secondary N) is 2. The van der Waals surface area contributed by atoms with E-state index in [4.69, 9.17) is 4.74 Å². The van der Waals surface area contributed by atoms with E-state index >= 15 is 0 Å². The number of benzene rings is 1. The van der Waals surface area contributed by atoms with Crippen LogP contribution in [0.25, 0.3) is 0 Å². The van der Waals surface area contributed by atoms with Gasteiger partial charge in [0.2, 0.25) is 0 Å². The van der Waals surface area contributed by atoms with Crippen LogP contribution in [0.3, 0.4) is 0 Å². The van der Waals surface area contributed by atoms with Crippen LogP contribution in [0.2, 0.25) is 0 Å². The zero-order valence-corrected chi connectivity index (χ0v) is 12.1. The van der Waals surface area contributed by atoms with Crippen molar-refractivity contribution in [3.05, 3.63) is 30.1 Å². The molecule has 0 unspecified atom stereocenters. The number of carbonyl (C=O) groups excluding carboxylic acids is 1. The SMILES string of the molecule is O=C(COc1ccccc1F)NCCCN1CCNCC1. The molecule has 5 nitrogen and oxygen atoms in total. The van der Waals surface area contributed by atoms with E-state index in [1.165, 1.54) is 12.1 Å². The van der Waals surface area contributed by atoms with Crippen LogP contribution in [0, 0.1) is 5.82 Å². The van der Waals surface area contributed by atoms with Crippen molar-refractivity contribution in [2.75, 3.05) is 45.9 Å². The van der Waals surface area contributed by atoms with Crippen molar-refractivity contribution in [2.45, 2.75) is 6.42 Å². The summed E-state index contributed by atoms with van der Waals surface area (Å²) >= 11 is 0. The van der Waals surface area contributed by atoms with Crippen LogP contribution in [0.1, 0.15) is 6.42 Å². The molecule has 2 rings (SSSR count). The quantitative estimate of drug-likeness (QED) is 0.724. The lowest BCUT2D eigenvalue weighted by atomic mass is 10.3. The minimum atomic E-state index is -0.455. The lowest BCUT2D eigenvalue weighted by Crippen LogP contribution is -2.44. The standard InChI is InChI=1S/C15H22FN3O2/c16-13-4-1-2-5-14(13)21-12-15(20)18-6-3-9-19-10-7-17-8-11-19/h1-2,4-5,17H,3,6-12H2,(H,18,20). The van der Waals surface area contributed by atoms with Crippen molar-refractivity contribution in [1.29, 1.82) is 0 Å². The Bertz CT molecular complexity index is 450. The van der Waals surface area contributed by atoms with Gasteiger partial charge in [-0.2, -0.15) is 0 Å². The number of hydrogen-bond donors (Lipinski definition) is 2. The van der Waals surface area contributed by atoms with Crippen LogP contribution < -0.4 is 15.4 Å². The molecule has 0 aliphatic carbocycles. The van der Waals surface area contributed by atoms with Crippen molar-refractivity contribution in [3.8, 4) is 5.75 Å². The van der Waals surface area contributed by atoms with E-state index in [0.717, 1.165) is 39.1 Å². The molecule has 1 aromatic carbocycles. The maximum atomic E-state index is 13.3. The molecule has 116 valence electrons. The molecule has 0 radical (unpaired) electrons. The van der Waals surface area contributed by atoms with E-state index in [-0.39, 0.29) is 18.3 Å². The van der Waals surface area contributed by atoms with Crippen molar-refractivity contribution >= 4 is 5.91 Å². The maximum absolute atomic E-state index is 13.3. The summed E-state index contributed by atoms with van der Waals surface area (Å²) in [6, 6.07) is 6.07. The van der Waals surface area contributed by atoms with Crippen molar-refractivity contribution in [3.63, 3.8) is 0 Å².